The first-order valence-corrected chi connectivity index (χ1v) is 11.0. The highest BCUT2D eigenvalue weighted by Gasteiger charge is 2.57. The maximum atomic E-state index is 13.7. The monoisotopic (exact) mass is 435 g/mol. The minimum absolute atomic E-state index is 0.0437. The lowest BCUT2D eigenvalue weighted by molar-refractivity contribution is -0.134. The predicted octanol–water partition coefficient (Wildman–Crippen LogP) is 3.26. The van der Waals surface area contributed by atoms with Crippen molar-refractivity contribution in [2.75, 3.05) is 7.11 Å². The number of nitriles is 2. The lowest BCUT2D eigenvalue weighted by Gasteiger charge is -2.30. The topological polar surface area (TPSA) is 111 Å². The van der Waals surface area contributed by atoms with E-state index < -0.39 is 33.5 Å². The van der Waals surface area contributed by atoms with Gasteiger partial charge in [-0.2, -0.15) is 14.8 Å². The van der Waals surface area contributed by atoms with Crippen molar-refractivity contribution in [2.45, 2.75) is 30.3 Å². The number of esters is 1. The Labute approximate surface area is 181 Å². The van der Waals surface area contributed by atoms with Crippen LogP contribution in [0.15, 0.2) is 71.6 Å². The fourth-order valence-corrected chi connectivity index (χ4v) is 5.61. The summed E-state index contributed by atoms with van der Waals surface area (Å²) in [6, 6.07) is 17.1. The lowest BCUT2D eigenvalue weighted by Crippen LogP contribution is -2.38. The molecule has 158 valence electrons. The normalized spacial score (nSPS) is 20.8. The van der Waals surface area contributed by atoms with Crippen LogP contribution in [0.5, 0.6) is 0 Å². The number of aryl methyl sites for hydroxylation is 1. The first kappa shape index (κ1) is 22.2. The first-order chi connectivity index (χ1) is 14.8. The van der Waals surface area contributed by atoms with Gasteiger partial charge in [0.05, 0.1) is 30.2 Å². The number of rotatable bonds is 5. The number of hydrogen-bond acceptors (Lipinski definition) is 6. The smallest absolute Gasteiger partial charge is 0.330 e. The van der Waals surface area contributed by atoms with E-state index in [1.807, 2.05) is 6.92 Å². The van der Waals surface area contributed by atoms with Crippen LogP contribution in [0.3, 0.4) is 0 Å². The van der Waals surface area contributed by atoms with E-state index in [1.54, 1.807) is 42.5 Å². The molecular weight excluding hydrogens is 414 g/mol. The van der Waals surface area contributed by atoms with Crippen molar-refractivity contribution in [2.24, 2.45) is 5.41 Å². The van der Waals surface area contributed by atoms with Gasteiger partial charge in [0.25, 0.3) is 0 Å². The van der Waals surface area contributed by atoms with Crippen LogP contribution in [0.4, 0.5) is 0 Å². The molecule has 1 saturated heterocycles. The first-order valence-electron chi connectivity index (χ1n) is 9.53. The average Bonchev–Trinajstić information content (AvgIpc) is 3.14. The largest absolute Gasteiger partial charge is 0.466 e. The molecule has 1 fully saturated rings. The van der Waals surface area contributed by atoms with Gasteiger partial charge >= 0.3 is 5.97 Å². The highest BCUT2D eigenvalue weighted by molar-refractivity contribution is 7.89. The third-order valence-corrected chi connectivity index (χ3v) is 7.25. The molecule has 1 aliphatic rings. The van der Waals surface area contributed by atoms with Crippen LogP contribution < -0.4 is 0 Å². The number of benzene rings is 2. The second-order valence-corrected chi connectivity index (χ2v) is 9.15. The number of hydrogen-bond donors (Lipinski definition) is 0. The average molecular weight is 436 g/mol. The van der Waals surface area contributed by atoms with Gasteiger partial charge in [-0.15, -0.1) is 0 Å². The Morgan fingerprint density at radius 2 is 1.74 bits per heavy atom. The number of methoxy groups -OCH3 is 1. The molecule has 0 saturated carbocycles. The minimum Gasteiger partial charge on any atom is -0.466 e. The molecule has 2 aromatic rings. The maximum absolute atomic E-state index is 13.7. The van der Waals surface area contributed by atoms with Crippen LogP contribution in [0.2, 0.25) is 0 Å². The van der Waals surface area contributed by atoms with E-state index in [4.69, 9.17) is 0 Å². The molecule has 0 N–H and O–H groups in total. The molecule has 0 radical (unpaired) electrons. The summed E-state index contributed by atoms with van der Waals surface area (Å²) in [7, 11) is -2.91. The Kier molecular flexibility index (Phi) is 6.26. The van der Waals surface area contributed by atoms with Crippen LogP contribution in [0.1, 0.15) is 23.6 Å². The van der Waals surface area contributed by atoms with E-state index in [1.165, 1.54) is 29.6 Å². The van der Waals surface area contributed by atoms with Crippen molar-refractivity contribution in [3.05, 3.63) is 77.9 Å². The molecule has 0 bridgehead atoms. The molecule has 7 nitrogen and oxygen atoms in total. The van der Waals surface area contributed by atoms with Crippen LogP contribution in [-0.2, 0) is 19.6 Å². The number of sulfonamides is 1. The van der Waals surface area contributed by atoms with E-state index in [0.29, 0.717) is 5.56 Å². The Balaban J connectivity index is 2.24. The molecule has 1 aliphatic heterocycles. The van der Waals surface area contributed by atoms with Crippen molar-refractivity contribution in [3.63, 3.8) is 0 Å². The quantitative estimate of drug-likeness (QED) is 0.526. The van der Waals surface area contributed by atoms with E-state index in [0.717, 1.165) is 11.6 Å². The second-order valence-electron chi connectivity index (χ2n) is 7.31. The van der Waals surface area contributed by atoms with Gasteiger partial charge in [0.15, 0.2) is 5.41 Å². The van der Waals surface area contributed by atoms with Gasteiger partial charge < -0.3 is 4.74 Å². The molecule has 0 aliphatic carbocycles. The molecular formula is C23H21N3O4S. The highest BCUT2D eigenvalue weighted by Crippen LogP contribution is 2.52. The van der Waals surface area contributed by atoms with Gasteiger partial charge in [0.1, 0.15) is 0 Å². The van der Waals surface area contributed by atoms with Gasteiger partial charge in [0.2, 0.25) is 10.0 Å². The van der Waals surface area contributed by atoms with E-state index in [9.17, 15) is 23.7 Å². The van der Waals surface area contributed by atoms with Crippen molar-refractivity contribution in [3.8, 4) is 12.1 Å². The van der Waals surface area contributed by atoms with Crippen molar-refractivity contribution < 1.29 is 17.9 Å². The van der Waals surface area contributed by atoms with Crippen molar-refractivity contribution in [1.29, 1.82) is 10.5 Å². The van der Waals surface area contributed by atoms with Crippen LogP contribution >= 0.6 is 0 Å². The second kappa shape index (κ2) is 8.73. The number of carbonyl (C=O) groups excluding carboxylic acids is 1. The lowest BCUT2D eigenvalue weighted by atomic mass is 9.79. The number of nitrogens with zero attached hydrogens (tertiary/aromatic N) is 3. The fraction of sp³-hybridized carbons (Fsp3) is 0.261. The van der Waals surface area contributed by atoms with E-state index in [2.05, 4.69) is 16.9 Å². The van der Waals surface area contributed by atoms with Gasteiger partial charge in [0, 0.05) is 18.5 Å². The fourth-order valence-electron chi connectivity index (χ4n) is 3.81. The van der Waals surface area contributed by atoms with Crippen LogP contribution in [0.25, 0.3) is 0 Å². The zero-order chi connectivity index (χ0) is 22.6. The zero-order valence-electron chi connectivity index (χ0n) is 17.1. The van der Waals surface area contributed by atoms with Crippen LogP contribution in [-0.4, -0.2) is 31.8 Å². The third-order valence-electron chi connectivity index (χ3n) is 5.35. The number of ether oxygens (including phenoxy) is 1. The third kappa shape index (κ3) is 4.09. The van der Waals surface area contributed by atoms with Gasteiger partial charge in [-0.05, 0) is 24.6 Å². The number of carbonyl (C=O) groups is 1. The summed E-state index contributed by atoms with van der Waals surface area (Å²) in [4.78, 5) is 11.7. The summed E-state index contributed by atoms with van der Waals surface area (Å²) >= 11 is 0. The molecule has 31 heavy (non-hydrogen) atoms. The molecule has 1 heterocycles. The molecule has 3 rings (SSSR count). The predicted molar refractivity (Wildman–Crippen MR) is 113 cm³/mol. The van der Waals surface area contributed by atoms with Crippen molar-refractivity contribution >= 4 is 16.0 Å². The summed E-state index contributed by atoms with van der Waals surface area (Å²) in [6.45, 7) is 1.84. The Bertz CT molecular complexity index is 1160. The maximum Gasteiger partial charge on any atom is 0.330 e. The molecule has 0 amide bonds. The Morgan fingerprint density at radius 3 is 2.29 bits per heavy atom. The van der Waals surface area contributed by atoms with Gasteiger partial charge in [-0.3, -0.25) is 0 Å². The molecule has 2 atom stereocenters. The SMILES string of the molecule is COC(=O)C=CC1CC(C#N)(C#N)C(c2ccccc2)N1S(=O)(=O)c1ccc(C)cc1. The molecule has 0 spiro atoms. The minimum atomic E-state index is -4.12. The molecule has 8 heteroatoms. The summed E-state index contributed by atoms with van der Waals surface area (Å²) in [6.07, 6.45) is 2.41. The molecule has 2 unspecified atom stereocenters. The standard InChI is InChI=1S/C23H21N3O4S/c1-17-8-11-20(12-9-17)31(28,29)26-19(10-13-21(27)30-2)14-23(15-24,16-25)22(26)18-6-4-3-5-7-18/h3-13,19,22H,14H2,1-2H3. The van der Waals surface area contributed by atoms with Crippen molar-refractivity contribution in [1.82, 2.24) is 4.31 Å². The molecule has 2 aromatic carbocycles. The van der Waals surface area contributed by atoms with Crippen LogP contribution in [0, 0.1) is 35.0 Å². The zero-order valence-corrected chi connectivity index (χ0v) is 17.9. The summed E-state index contributed by atoms with van der Waals surface area (Å²) in [5.74, 6) is -0.657. The van der Waals surface area contributed by atoms with Gasteiger partial charge in [-0.1, -0.05) is 54.1 Å². The molecule has 0 aromatic heterocycles. The van der Waals surface area contributed by atoms with E-state index in [-0.39, 0.29) is 11.3 Å². The summed E-state index contributed by atoms with van der Waals surface area (Å²) in [5, 5.41) is 19.9. The highest BCUT2D eigenvalue weighted by atomic mass is 32.2. The Morgan fingerprint density at radius 1 is 1.13 bits per heavy atom. The van der Waals surface area contributed by atoms with Gasteiger partial charge in [-0.25, -0.2) is 13.2 Å². The summed E-state index contributed by atoms with van der Waals surface area (Å²) < 4.78 is 33.2. The summed E-state index contributed by atoms with van der Waals surface area (Å²) in [5.41, 5.74) is -0.217. The van der Waals surface area contributed by atoms with E-state index >= 15 is 0 Å². The Hall–Kier alpha value is -3.46.